The Morgan fingerprint density at radius 3 is 2.80 bits per heavy atom. The molecule has 2 aliphatic heterocycles. The zero-order valence-electron chi connectivity index (χ0n) is 16.1. The molecule has 2 atom stereocenters. The van der Waals surface area contributed by atoms with E-state index in [4.69, 9.17) is 0 Å². The zero-order chi connectivity index (χ0) is 20.2. The lowest BCUT2D eigenvalue weighted by Gasteiger charge is -2.37. The monoisotopic (exact) mass is 413 g/mol. The van der Waals surface area contributed by atoms with Gasteiger partial charge in [0.25, 0.3) is 5.91 Å². The van der Waals surface area contributed by atoms with Crippen molar-refractivity contribution in [2.75, 3.05) is 0 Å². The summed E-state index contributed by atoms with van der Waals surface area (Å²) in [5.74, 6) is -0.179. The van der Waals surface area contributed by atoms with Crippen molar-refractivity contribution in [3.05, 3.63) is 93.3 Å². The molecule has 0 saturated heterocycles. The molecule has 2 aromatic heterocycles. The van der Waals surface area contributed by atoms with Gasteiger partial charge in [0.2, 0.25) is 5.91 Å². The molecule has 0 unspecified atom stereocenters. The Kier molecular flexibility index (Phi) is 3.83. The minimum absolute atomic E-state index is 0.0730. The molecule has 0 saturated carbocycles. The second-order valence-electron chi connectivity index (χ2n) is 7.78. The van der Waals surface area contributed by atoms with Gasteiger partial charge in [0.05, 0.1) is 12.6 Å². The van der Waals surface area contributed by atoms with Crippen molar-refractivity contribution in [1.29, 1.82) is 0 Å². The average molecular weight is 414 g/mol. The highest BCUT2D eigenvalue weighted by Crippen LogP contribution is 2.46. The number of nitrogens with one attached hydrogen (secondary N) is 2. The number of benzene rings is 2. The number of fused-ring (bicyclic) bond motifs is 7. The second-order valence-corrected chi connectivity index (χ2v) is 8.81. The molecule has 148 valence electrons. The van der Waals surface area contributed by atoms with Gasteiger partial charge in [0.1, 0.15) is 6.04 Å². The van der Waals surface area contributed by atoms with Gasteiger partial charge in [-0.1, -0.05) is 42.5 Å². The van der Waals surface area contributed by atoms with E-state index in [1.165, 1.54) is 0 Å². The van der Waals surface area contributed by atoms with Crippen LogP contribution in [0.4, 0.5) is 0 Å². The van der Waals surface area contributed by atoms with E-state index >= 15 is 0 Å². The number of carbonyl (C=O) groups is 2. The van der Waals surface area contributed by atoms with E-state index in [0.717, 1.165) is 32.6 Å². The van der Waals surface area contributed by atoms with Crippen LogP contribution in [0.2, 0.25) is 0 Å². The largest absolute Gasteiger partial charge is 0.356 e. The second kappa shape index (κ2) is 6.57. The number of rotatable bonds is 3. The van der Waals surface area contributed by atoms with Crippen molar-refractivity contribution in [2.24, 2.45) is 0 Å². The summed E-state index contributed by atoms with van der Waals surface area (Å²) >= 11 is 1.61. The van der Waals surface area contributed by atoms with Crippen molar-refractivity contribution in [1.82, 2.24) is 15.2 Å². The van der Waals surface area contributed by atoms with Crippen LogP contribution >= 0.6 is 11.3 Å². The standard InChI is InChI=1S/C24H19N3O2S/c28-23(25-13-14-6-5-11-30-14)20-12-18-15-7-3-4-10-19(15)26-21(18)22-16-8-1-2-9-17(16)24(29)27(20)22/h1-11,20,22,26H,12-13H2,(H,25,28)/t20-,22+/m0/s1. The van der Waals surface area contributed by atoms with Crippen molar-refractivity contribution in [2.45, 2.75) is 25.0 Å². The Bertz CT molecular complexity index is 1290. The number of hydrogen-bond donors (Lipinski definition) is 2. The van der Waals surface area contributed by atoms with Gasteiger partial charge in [0, 0.05) is 33.5 Å². The molecule has 4 aromatic rings. The third kappa shape index (κ3) is 2.47. The molecule has 0 aliphatic carbocycles. The van der Waals surface area contributed by atoms with Gasteiger partial charge < -0.3 is 15.2 Å². The predicted molar refractivity (Wildman–Crippen MR) is 116 cm³/mol. The summed E-state index contributed by atoms with van der Waals surface area (Å²) in [5, 5.41) is 6.18. The summed E-state index contributed by atoms with van der Waals surface area (Å²) in [4.78, 5) is 33.0. The number of H-pyrrole nitrogens is 1. The molecule has 0 fully saturated rings. The number of nitrogens with zero attached hydrogens (tertiary/aromatic N) is 1. The number of para-hydroxylation sites is 1. The number of thiophene rings is 1. The van der Waals surface area contributed by atoms with Crippen LogP contribution in [0.5, 0.6) is 0 Å². The lowest BCUT2D eigenvalue weighted by Crippen LogP contribution is -2.52. The highest BCUT2D eigenvalue weighted by molar-refractivity contribution is 7.09. The van der Waals surface area contributed by atoms with E-state index in [0.29, 0.717) is 18.5 Å². The summed E-state index contributed by atoms with van der Waals surface area (Å²) in [6.45, 7) is 0.480. The molecule has 6 heteroatoms. The maximum Gasteiger partial charge on any atom is 0.255 e. The minimum atomic E-state index is -0.540. The van der Waals surface area contributed by atoms with Crippen LogP contribution in [-0.4, -0.2) is 27.7 Å². The van der Waals surface area contributed by atoms with Crippen LogP contribution in [0.3, 0.4) is 0 Å². The Balaban J connectivity index is 1.46. The van der Waals surface area contributed by atoms with Crippen molar-refractivity contribution >= 4 is 34.1 Å². The minimum Gasteiger partial charge on any atom is -0.356 e. The fraction of sp³-hybridized carbons (Fsp3) is 0.167. The Labute approximate surface area is 177 Å². The van der Waals surface area contributed by atoms with Crippen LogP contribution in [0.15, 0.2) is 66.0 Å². The molecule has 2 amide bonds. The average Bonchev–Trinajstić information content (AvgIpc) is 3.49. The molecule has 2 N–H and O–H groups in total. The summed E-state index contributed by atoms with van der Waals surface area (Å²) in [6.07, 6.45) is 0.506. The third-order valence-corrected chi connectivity index (χ3v) is 7.05. The quantitative estimate of drug-likeness (QED) is 0.533. The Morgan fingerprint density at radius 2 is 1.93 bits per heavy atom. The van der Waals surface area contributed by atoms with Gasteiger partial charge in [-0.15, -0.1) is 11.3 Å². The Hall–Kier alpha value is -3.38. The fourth-order valence-electron chi connectivity index (χ4n) is 4.84. The van der Waals surface area contributed by atoms with Gasteiger partial charge >= 0.3 is 0 Å². The van der Waals surface area contributed by atoms with Gasteiger partial charge in [-0.25, -0.2) is 0 Å². The van der Waals surface area contributed by atoms with E-state index < -0.39 is 6.04 Å². The lowest BCUT2D eigenvalue weighted by molar-refractivity contribution is -0.126. The van der Waals surface area contributed by atoms with Gasteiger partial charge in [-0.05, 0) is 34.7 Å². The van der Waals surface area contributed by atoms with Crippen LogP contribution in [0.1, 0.15) is 38.1 Å². The maximum atomic E-state index is 13.3. The molecule has 6 rings (SSSR count). The van der Waals surface area contributed by atoms with Crippen LogP contribution in [0, 0.1) is 0 Å². The molecule has 4 heterocycles. The van der Waals surface area contributed by atoms with Crippen molar-refractivity contribution in [3.8, 4) is 0 Å². The van der Waals surface area contributed by atoms with E-state index in [1.54, 1.807) is 16.2 Å². The number of aromatic nitrogens is 1. The third-order valence-electron chi connectivity index (χ3n) is 6.17. The van der Waals surface area contributed by atoms with Crippen molar-refractivity contribution in [3.63, 3.8) is 0 Å². The van der Waals surface area contributed by atoms with Crippen LogP contribution in [-0.2, 0) is 17.8 Å². The maximum absolute atomic E-state index is 13.3. The van der Waals surface area contributed by atoms with E-state index in [9.17, 15) is 9.59 Å². The first-order valence-electron chi connectivity index (χ1n) is 10.0. The first-order chi connectivity index (χ1) is 14.7. The molecule has 0 spiro atoms. The first-order valence-corrected chi connectivity index (χ1v) is 10.9. The smallest absolute Gasteiger partial charge is 0.255 e. The molecule has 2 aliphatic rings. The van der Waals surface area contributed by atoms with Crippen molar-refractivity contribution < 1.29 is 9.59 Å². The predicted octanol–water partition coefficient (Wildman–Crippen LogP) is 4.02. The van der Waals surface area contributed by atoms with E-state index in [2.05, 4.69) is 16.4 Å². The van der Waals surface area contributed by atoms with Gasteiger partial charge in [-0.2, -0.15) is 0 Å². The molecule has 30 heavy (non-hydrogen) atoms. The van der Waals surface area contributed by atoms with Gasteiger partial charge in [-0.3, -0.25) is 9.59 Å². The topological polar surface area (TPSA) is 65.2 Å². The lowest BCUT2D eigenvalue weighted by atomic mass is 9.90. The number of amides is 2. The normalized spacial score (nSPS) is 19.5. The van der Waals surface area contributed by atoms with Crippen LogP contribution < -0.4 is 5.32 Å². The number of aromatic amines is 1. The summed E-state index contributed by atoms with van der Waals surface area (Å²) < 4.78 is 0. The van der Waals surface area contributed by atoms with E-state index in [-0.39, 0.29) is 17.9 Å². The highest BCUT2D eigenvalue weighted by Gasteiger charge is 2.48. The Morgan fingerprint density at radius 1 is 1.10 bits per heavy atom. The molecule has 5 nitrogen and oxygen atoms in total. The SMILES string of the molecule is O=C(NCc1cccs1)[C@@H]1Cc2c([nH]c3ccccc23)[C@H]2c3ccccc3C(=O)N21. The molecule has 0 bridgehead atoms. The first kappa shape index (κ1) is 17.5. The molecule has 2 aromatic carbocycles. The number of hydrogen-bond acceptors (Lipinski definition) is 3. The van der Waals surface area contributed by atoms with Gasteiger partial charge in [0.15, 0.2) is 0 Å². The molecular formula is C24H19N3O2S. The summed E-state index contributed by atoms with van der Waals surface area (Å²) in [5.41, 5.74) is 4.85. The molecular weight excluding hydrogens is 394 g/mol. The molecule has 0 radical (unpaired) electrons. The zero-order valence-corrected chi connectivity index (χ0v) is 16.9. The van der Waals surface area contributed by atoms with E-state index in [1.807, 2.05) is 60.0 Å². The summed E-state index contributed by atoms with van der Waals surface area (Å²) in [7, 11) is 0. The van der Waals surface area contributed by atoms with Crippen LogP contribution in [0.25, 0.3) is 10.9 Å². The fourth-order valence-corrected chi connectivity index (χ4v) is 5.49. The number of carbonyl (C=O) groups excluding carboxylic acids is 2. The summed E-state index contributed by atoms with van der Waals surface area (Å²) in [6, 6.07) is 19.0. The highest BCUT2D eigenvalue weighted by atomic mass is 32.1.